The van der Waals surface area contributed by atoms with Crippen molar-refractivity contribution in [2.75, 3.05) is 19.4 Å². The summed E-state index contributed by atoms with van der Waals surface area (Å²) < 4.78 is 0. The molecule has 0 saturated carbocycles. The van der Waals surface area contributed by atoms with Gasteiger partial charge in [-0.3, -0.25) is 15.0 Å². The Kier molecular flexibility index (Phi) is 4.20. The Morgan fingerprint density at radius 3 is 2.32 bits per heavy atom. The number of benzene rings is 1. The van der Waals surface area contributed by atoms with Crippen LogP contribution in [-0.4, -0.2) is 34.9 Å². The van der Waals surface area contributed by atoms with E-state index in [0.717, 1.165) is 5.56 Å². The summed E-state index contributed by atoms with van der Waals surface area (Å²) in [4.78, 5) is 22.2. The van der Waals surface area contributed by atoms with Gasteiger partial charge in [0.15, 0.2) is 0 Å². The molecule has 0 aliphatic carbocycles. The fourth-order valence-corrected chi connectivity index (χ4v) is 1.86. The molecule has 0 aliphatic rings. The highest BCUT2D eigenvalue weighted by molar-refractivity contribution is 5.94. The number of carbonyl (C=O) groups is 1. The Morgan fingerprint density at radius 1 is 1.11 bits per heavy atom. The molecule has 5 heteroatoms. The fraction of sp³-hybridized carbons (Fsp3) is 0.214. The lowest BCUT2D eigenvalue weighted by atomic mass is 10.1. The van der Waals surface area contributed by atoms with Crippen molar-refractivity contribution in [2.24, 2.45) is 0 Å². The number of hydrogen-bond donors (Lipinski definition) is 1. The fourth-order valence-electron chi connectivity index (χ4n) is 1.86. The molecule has 5 nitrogen and oxygen atoms in total. The maximum Gasteiger partial charge on any atom is 0.248 e. The molecule has 1 N–H and O–H groups in total. The maximum absolute atomic E-state index is 12.3. The predicted octanol–water partition coefficient (Wildman–Crippen LogP) is 1.72. The zero-order valence-corrected chi connectivity index (χ0v) is 10.9. The van der Waals surface area contributed by atoms with Crippen LogP contribution in [0.3, 0.4) is 0 Å². The van der Waals surface area contributed by atoms with E-state index in [0.29, 0.717) is 5.95 Å². The van der Waals surface area contributed by atoms with Crippen LogP contribution in [0.15, 0.2) is 48.8 Å². The number of hydrogen-bond acceptors (Lipinski definition) is 4. The van der Waals surface area contributed by atoms with E-state index < -0.39 is 0 Å². The van der Waals surface area contributed by atoms with Crippen molar-refractivity contribution in [1.29, 1.82) is 0 Å². The molecule has 1 heterocycles. The second-order valence-electron chi connectivity index (χ2n) is 4.34. The minimum atomic E-state index is -0.370. The SMILES string of the molecule is CN(C)C(C(=O)Nc1ncccn1)c1ccccc1. The van der Waals surface area contributed by atoms with Crippen LogP contribution in [0, 0.1) is 0 Å². The molecule has 0 bridgehead atoms. The minimum absolute atomic E-state index is 0.151. The van der Waals surface area contributed by atoms with Gasteiger partial charge in [-0.25, -0.2) is 9.97 Å². The summed E-state index contributed by atoms with van der Waals surface area (Å²) in [7, 11) is 3.73. The molecule has 19 heavy (non-hydrogen) atoms. The van der Waals surface area contributed by atoms with Crippen LogP contribution in [0.2, 0.25) is 0 Å². The second kappa shape index (κ2) is 6.06. The van der Waals surface area contributed by atoms with Gasteiger partial charge in [0, 0.05) is 12.4 Å². The highest BCUT2D eigenvalue weighted by Gasteiger charge is 2.23. The molecular formula is C14H16N4O. The van der Waals surface area contributed by atoms with Gasteiger partial charge in [0.1, 0.15) is 6.04 Å². The summed E-state index contributed by atoms with van der Waals surface area (Å²) in [6, 6.07) is 10.9. The van der Waals surface area contributed by atoms with E-state index in [1.54, 1.807) is 18.5 Å². The number of likely N-dealkylation sites (N-methyl/N-ethyl adjacent to an activating group) is 1. The Bertz CT molecular complexity index is 528. The molecule has 98 valence electrons. The van der Waals surface area contributed by atoms with E-state index >= 15 is 0 Å². The largest absolute Gasteiger partial charge is 0.294 e. The number of rotatable bonds is 4. The predicted molar refractivity (Wildman–Crippen MR) is 73.5 cm³/mol. The number of anilines is 1. The van der Waals surface area contributed by atoms with E-state index in [9.17, 15) is 4.79 Å². The Labute approximate surface area is 112 Å². The summed E-state index contributed by atoms with van der Waals surface area (Å²) in [6.45, 7) is 0. The molecular weight excluding hydrogens is 240 g/mol. The van der Waals surface area contributed by atoms with Gasteiger partial charge in [-0.15, -0.1) is 0 Å². The molecule has 0 radical (unpaired) electrons. The van der Waals surface area contributed by atoms with E-state index in [4.69, 9.17) is 0 Å². The van der Waals surface area contributed by atoms with Crippen LogP contribution in [0.4, 0.5) is 5.95 Å². The first-order valence-corrected chi connectivity index (χ1v) is 5.98. The smallest absolute Gasteiger partial charge is 0.248 e. The lowest BCUT2D eigenvalue weighted by Gasteiger charge is -2.23. The van der Waals surface area contributed by atoms with Crippen LogP contribution in [0.1, 0.15) is 11.6 Å². The number of carbonyl (C=O) groups excluding carboxylic acids is 1. The van der Waals surface area contributed by atoms with Crippen molar-refractivity contribution in [3.8, 4) is 0 Å². The van der Waals surface area contributed by atoms with Gasteiger partial charge in [-0.2, -0.15) is 0 Å². The van der Waals surface area contributed by atoms with E-state index in [1.165, 1.54) is 0 Å². The van der Waals surface area contributed by atoms with Crippen molar-refractivity contribution >= 4 is 11.9 Å². The summed E-state index contributed by atoms with van der Waals surface area (Å²) in [6.07, 6.45) is 3.19. The van der Waals surface area contributed by atoms with Gasteiger partial charge in [0.2, 0.25) is 11.9 Å². The van der Waals surface area contributed by atoms with Crippen LogP contribution in [0.25, 0.3) is 0 Å². The molecule has 0 aliphatic heterocycles. The quantitative estimate of drug-likeness (QED) is 0.905. The number of nitrogens with zero attached hydrogens (tertiary/aromatic N) is 3. The lowest BCUT2D eigenvalue weighted by molar-refractivity contribution is -0.120. The van der Waals surface area contributed by atoms with Crippen molar-refractivity contribution in [3.05, 3.63) is 54.4 Å². The highest BCUT2D eigenvalue weighted by atomic mass is 16.2. The minimum Gasteiger partial charge on any atom is -0.294 e. The first-order valence-electron chi connectivity index (χ1n) is 5.98. The molecule has 2 rings (SSSR count). The van der Waals surface area contributed by atoms with E-state index in [2.05, 4.69) is 15.3 Å². The normalized spacial score (nSPS) is 12.2. The van der Waals surface area contributed by atoms with Crippen molar-refractivity contribution < 1.29 is 4.79 Å². The first-order chi connectivity index (χ1) is 9.18. The van der Waals surface area contributed by atoms with Crippen molar-refractivity contribution in [1.82, 2.24) is 14.9 Å². The summed E-state index contributed by atoms with van der Waals surface area (Å²) >= 11 is 0. The molecule has 2 aromatic rings. The van der Waals surface area contributed by atoms with Gasteiger partial charge in [-0.05, 0) is 25.7 Å². The van der Waals surface area contributed by atoms with E-state index in [-0.39, 0.29) is 11.9 Å². The average molecular weight is 256 g/mol. The van der Waals surface area contributed by atoms with Gasteiger partial charge < -0.3 is 0 Å². The van der Waals surface area contributed by atoms with Gasteiger partial charge in [0.05, 0.1) is 0 Å². The molecule has 0 spiro atoms. The summed E-state index contributed by atoms with van der Waals surface area (Å²) in [5.74, 6) is 0.165. The van der Waals surface area contributed by atoms with Crippen LogP contribution in [0.5, 0.6) is 0 Å². The molecule has 1 aromatic heterocycles. The summed E-state index contributed by atoms with van der Waals surface area (Å²) in [5, 5.41) is 2.72. The van der Waals surface area contributed by atoms with Crippen LogP contribution in [-0.2, 0) is 4.79 Å². The zero-order chi connectivity index (χ0) is 13.7. The first kappa shape index (κ1) is 13.2. The topological polar surface area (TPSA) is 58.1 Å². The lowest BCUT2D eigenvalue weighted by Crippen LogP contribution is -2.32. The average Bonchev–Trinajstić information content (AvgIpc) is 2.40. The highest BCUT2D eigenvalue weighted by Crippen LogP contribution is 2.19. The molecule has 1 atom stereocenters. The Morgan fingerprint density at radius 2 is 1.74 bits per heavy atom. The number of nitrogens with one attached hydrogen (secondary N) is 1. The van der Waals surface area contributed by atoms with Gasteiger partial charge >= 0.3 is 0 Å². The third-order valence-corrected chi connectivity index (χ3v) is 2.68. The second-order valence-corrected chi connectivity index (χ2v) is 4.34. The molecule has 1 unspecified atom stereocenters. The number of aromatic nitrogens is 2. The summed E-state index contributed by atoms with van der Waals surface area (Å²) in [5.41, 5.74) is 0.931. The Balaban J connectivity index is 2.19. The maximum atomic E-state index is 12.3. The van der Waals surface area contributed by atoms with Gasteiger partial charge in [0.25, 0.3) is 0 Å². The van der Waals surface area contributed by atoms with Crippen molar-refractivity contribution in [3.63, 3.8) is 0 Å². The molecule has 0 saturated heterocycles. The van der Waals surface area contributed by atoms with Crippen LogP contribution >= 0.6 is 0 Å². The van der Waals surface area contributed by atoms with E-state index in [1.807, 2.05) is 49.3 Å². The number of amides is 1. The standard InChI is InChI=1S/C14H16N4O/c1-18(2)12(11-7-4-3-5-8-11)13(19)17-14-15-9-6-10-16-14/h3-10,12H,1-2H3,(H,15,16,17,19). The molecule has 1 amide bonds. The third kappa shape index (κ3) is 3.35. The van der Waals surface area contributed by atoms with Gasteiger partial charge in [-0.1, -0.05) is 30.3 Å². The third-order valence-electron chi connectivity index (χ3n) is 2.68. The Hall–Kier alpha value is -2.27. The van der Waals surface area contributed by atoms with Crippen LogP contribution < -0.4 is 5.32 Å². The van der Waals surface area contributed by atoms with Crippen molar-refractivity contribution in [2.45, 2.75) is 6.04 Å². The molecule has 1 aromatic carbocycles. The monoisotopic (exact) mass is 256 g/mol. The zero-order valence-electron chi connectivity index (χ0n) is 10.9. The molecule has 0 fully saturated rings.